The van der Waals surface area contributed by atoms with Crippen molar-refractivity contribution in [2.45, 2.75) is 30.3 Å². The van der Waals surface area contributed by atoms with Crippen LogP contribution in [0.15, 0.2) is 27.8 Å². The van der Waals surface area contributed by atoms with Crippen LogP contribution < -0.4 is 5.73 Å². The number of esters is 1. The zero-order valence-electron chi connectivity index (χ0n) is 10.8. The molecule has 1 unspecified atom stereocenters. The van der Waals surface area contributed by atoms with Gasteiger partial charge in [-0.2, -0.15) is 0 Å². The summed E-state index contributed by atoms with van der Waals surface area (Å²) < 4.78 is 6.04. The van der Waals surface area contributed by atoms with E-state index in [2.05, 4.69) is 20.9 Å². The summed E-state index contributed by atoms with van der Waals surface area (Å²) in [6.45, 7) is 2.17. The van der Waals surface area contributed by atoms with E-state index >= 15 is 0 Å². The van der Waals surface area contributed by atoms with E-state index in [0.29, 0.717) is 12.4 Å². The molecular formula is C13H17BrN2O2S. The van der Waals surface area contributed by atoms with Gasteiger partial charge in [0.15, 0.2) is 0 Å². The maximum atomic E-state index is 12.0. The first-order valence-corrected chi connectivity index (χ1v) is 8.04. The third kappa shape index (κ3) is 3.70. The number of hydrogen-bond donors (Lipinski definition) is 1. The molecule has 2 rings (SSSR count). The second-order valence-corrected chi connectivity index (χ2v) is 6.55. The monoisotopic (exact) mass is 344 g/mol. The molecule has 6 heteroatoms. The quantitative estimate of drug-likeness (QED) is 0.634. The molecule has 19 heavy (non-hydrogen) atoms. The number of carbonyl (C=O) groups excluding carboxylic acids is 1. The van der Waals surface area contributed by atoms with Crippen molar-refractivity contribution in [3.8, 4) is 0 Å². The Balaban J connectivity index is 2.01. The third-order valence-electron chi connectivity index (χ3n) is 3.12. The summed E-state index contributed by atoms with van der Waals surface area (Å²) in [7, 11) is 0. The number of ether oxygens (including phenoxy) is 1. The van der Waals surface area contributed by atoms with Crippen molar-refractivity contribution in [2.75, 3.05) is 12.4 Å². The number of halogens is 1. The number of pyridine rings is 1. The molecule has 0 bridgehead atoms. The highest BCUT2D eigenvalue weighted by molar-refractivity contribution is 9.10. The molecule has 0 aromatic carbocycles. The van der Waals surface area contributed by atoms with E-state index in [1.165, 1.54) is 11.8 Å². The summed E-state index contributed by atoms with van der Waals surface area (Å²) in [5.41, 5.74) is 5.40. The fourth-order valence-electron chi connectivity index (χ4n) is 1.85. The number of hydrogen-bond acceptors (Lipinski definition) is 5. The standard InChI is InChI=1S/C13H17BrN2O2S/c1-2-18-12(17)13(15,9-3-4-9)8-19-11-6-5-10(14)7-16-11/h5-7,9H,2-4,8,15H2,1H3. The van der Waals surface area contributed by atoms with E-state index in [4.69, 9.17) is 10.5 Å². The Hall–Kier alpha value is -0.590. The molecule has 0 spiro atoms. The lowest BCUT2D eigenvalue weighted by Crippen LogP contribution is -2.53. The Kier molecular flexibility index (Phi) is 4.86. The molecule has 104 valence electrons. The summed E-state index contributed by atoms with van der Waals surface area (Å²) in [6.07, 6.45) is 3.75. The molecule has 1 atom stereocenters. The molecule has 0 aliphatic heterocycles. The average Bonchev–Trinajstić information content (AvgIpc) is 3.22. The normalized spacial score (nSPS) is 17.8. The molecule has 1 fully saturated rings. The summed E-state index contributed by atoms with van der Waals surface area (Å²) in [4.78, 5) is 16.3. The van der Waals surface area contributed by atoms with Gasteiger partial charge in [0.05, 0.1) is 11.6 Å². The SMILES string of the molecule is CCOC(=O)C(N)(CSc1ccc(Br)cn1)C1CC1. The second-order valence-electron chi connectivity index (χ2n) is 4.64. The molecule has 0 saturated heterocycles. The van der Waals surface area contributed by atoms with Crippen LogP contribution >= 0.6 is 27.7 Å². The van der Waals surface area contributed by atoms with E-state index < -0.39 is 5.54 Å². The van der Waals surface area contributed by atoms with Crippen molar-refractivity contribution in [2.24, 2.45) is 11.7 Å². The molecule has 0 amide bonds. The van der Waals surface area contributed by atoms with Crippen LogP contribution in [0.2, 0.25) is 0 Å². The van der Waals surface area contributed by atoms with Crippen LogP contribution in [-0.2, 0) is 9.53 Å². The van der Waals surface area contributed by atoms with Gasteiger partial charge in [0.1, 0.15) is 5.54 Å². The van der Waals surface area contributed by atoms with E-state index in [9.17, 15) is 4.79 Å². The van der Waals surface area contributed by atoms with Gasteiger partial charge in [-0.1, -0.05) is 0 Å². The molecule has 1 saturated carbocycles. The molecule has 0 radical (unpaired) electrons. The van der Waals surface area contributed by atoms with Gasteiger partial charge >= 0.3 is 5.97 Å². The first-order valence-electron chi connectivity index (χ1n) is 6.26. The first-order chi connectivity index (χ1) is 9.06. The predicted molar refractivity (Wildman–Crippen MR) is 78.9 cm³/mol. The van der Waals surface area contributed by atoms with Crippen LogP contribution in [-0.4, -0.2) is 28.9 Å². The van der Waals surface area contributed by atoms with Gasteiger partial charge in [-0.25, -0.2) is 4.98 Å². The third-order valence-corrected chi connectivity index (χ3v) is 4.75. The summed E-state index contributed by atoms with van der Waals surface area (Å²) in [5, 5.41) is 0.864. The first kappa shape index (κ1) is 14.8. The minimum absolute atomic E-state index is 0.245. The fraction of sp³-hybridized carbons (Fsp3) is 0.538. The zero-order chi connectivity index (χ0) is 13.9. The smallest absolute Gasteiger partial charge is 0.327 e. The second kappa shape index (κ2) is 6.24. The molecule has 1 heterocycles. The van der Waals surface area contributed by atoms with Crippen molar-refractivity contribution in [1.82, 2.24) is 4.98 Å². The molecule has 4 nitrogen and oxygen atoms in total. The van der Waals surface area contributed by atoms with Crippen LogP contribution in [0, 0.1) is 5.92 Å². The zero-order valence-corrected chi connectivity index (χ0v) is 13.2. The van der Waals surface area contributed by atoms with Gasteiger partial charge in [0.25, 0.3) is 0 Å². The van der Waals surface area contributed by atoms with Crippen molar-refractivity contribution in [3.63, 3.8) is 0 Å². The Morgan fingerprint density at radius 3 is 2.89 bits per heavy atom. The van der Waals surface area contributed by atoms with E-state index in [1.54, 1.807) is 13.1 Å². The maximum absolute atomic E-state index is 12.0. The van der Waals surface area contributed by atoms with Gasteiger partial charge in [-0.05, 0) is 53.7 Å². The van der Waals surface area contributed by atoms with Crippen LogP contribution in [0.5, 0.6) is 0 Å². The molecule has 2 N–H and O–H groups in total. The van der Waals surface area contributed by atoms with Gasteiger partial charge in [0.2, 0.25) is 0 Å². The van der Waals surface area contributed by atoms with E-state index in [-0.39, 0.29) is 11.9 Å². The van der Waals surface area contributed by atoms with E-state index in [1.807, 2.05) is 12.1 Å². The fourth-order valence-corrected chi connectivity index (χ4v) is 3.11. The maximum Gasteiger partial charge on any atom is 0.327 e. The Labute approximate surface area is 125 Å². The topological polar surface area (TPSA) is 65.2 Å². The van der Waals surface area contributed by atoms with Gasteiger partial charge < -0.3 is 10.5 Å². The molecule has 1 aromatic heterocycles. The molecule has 1 aliphatic carbocycles. The lowest BCUT2D eigenvalue weighted by molar-refractivity contribution is -0.149. The Morgan fingerprint density at radius 2 is 2.37 bits per heavy atom. The van der Waals surface area contributed by atoms with Crippen LogP contribution in [0.1, 0.15) is 19.8 Å². The highest BCUT2D eigenvalue weighted by Gasteiger charge is 2.49. The average molecular weight is 345 g/mol. The number of nitrogens with two attached hydrogens (primary N) is 1. The molecule has 1 aliphatic rings. The summed E-state index contributed by atoms with van der Waals surface area (Å²) in [5.74, 6) is 0.460. The number of thioether (sulfide) groups is 1. The number of rotatable bonds is 6. The molecule has 1 aromatic rings. The van der Waals surface area contributed by atoms with Gasteiger partial charge in [-0.3, -0.25) is 4.79 Å². The lowest BCUT2D eigenvalue weighted by Gasteiger charge is -2.26. The van der Waals surface area contributed by atoms with E-state index in [0.717, 1.165) is 22.3 Å². The minimum atomic E-state index is -0.880. The van der Waals surface area contributed by atoms with Gasteiger partial charge in [-0.15, -0.1) is 11.8 Å². The largest absolute Gasteiger partial charge is 0.465 e. The van der Waals surface area contributed by atoms with Crippen molar-refractivity contribution in [3.05, 3.63) is 22.8 Å². The Bertz CT molecular complexity index is 450. The minimum Gasteiger partial charge on any atom is -0.465 e. The number of aromatic nitrogens is 1. The van der Waals surface area contributed by atoms with Crippen molar-refractivity contribution >= 4 is 33.7 Å². The predicted octanol–water partition coefficient (Wildman–Crippen LogP) is 2.61. The molecular weight excluding hydrogens is 328 g/mol. The summed E-state index contributed by atoms with van der Waals surface area (Å²) >= 11 is 4.84. The van der Waals surface area contributed by atoms with Crippen LogP contribution in [0.4, 0.5) is 0 Å². The van der Waals surface area contributed by atoms with Crippen LogP contribution in [0.3, 0.4) is 0 Å². The van der Waals surface area contributed by atoms with Crippen LogP contribution in [0.25, 0.3) is 0 Å². The van der Waals surface area contributed by atoms with Crippen molar-refractivity contribution in [1.29, 1.82) is 0 Å². The van der Waals surface area contributed by atoms with Gasteiger partial charge in [0, 0.05) is 16.4 Å². The highest BCUT2D eigenvalue weighted by Crippen LogP contribution is 2.41. The summed E-state index contributed by atoms with van der Waals surface area (Å²) in [6, 6.07) is 3.84. The lowest BCUT2D eigenvalue weighted by atomic mass is 9.97. The van der Waals surface area contributed by atoms with Crippen molar-refractivity contribution < 1.29 is 9.53 Å². The Morgan fingerprint density at radius 1 is 1.63 bits per heavy atom. The highest BCUT2D eigenvalue weighted by atomic mass is 79.9. The number of carbonyl (C=O) groups is 1. The number of nitrogens with zero attached hydrogens (tertiary/aromatic N) is 1.